The summed E-state index contributed by atoms with van der Waals surface area (Å²) in [6.07, 6.45) is -0.0679. The maximum absolute atomic E-state index is 9.48. The monoisotopic (exact) mass is 107 g/mol. The molecule has 0 atom stereocenters. The maximum atomic E-state index is 9.48. The summed E-state index contributed by atoms with van der Waals surface area (Å²) < 4.78 is 0. The van der Waals surface area contributed by atoms with Crippen LogP contribution in [0.15, 0.2) is 0 Å². The Balaban J connectivity index is 2.83. The van der Waals surface area contributed by atoms with E-state index in [2.05, 4.69) is 0 Å². The van der Waals surface area contributed by atoms with Gasteiger partial charge >= 0.3 is 5.97 Å². The molecule has 0 amide bonds. The summed E-state index contributed by atoms with van der Waals surface area (Å²) in [5.74, 6) is 0.174. The van der Waals surface area contributed by atoms with Crippen molar-refractivity contribution < 1.29 is 9.90 Å². The van der Waals surface area contributed by atoms with Crippen LogP contribution >= 0.6 is 11.6 Å². The van der Waals surface area contributed by atoms with Gasteiger partial charge in [0.25, 0.3) is 0 Å². The van der Waals surface area contributed by atoms with Crippen LogP contribution in [0.1, 0.15) is 6.42 Å². The Morgan fingerprint density at radius 2 is 2.50 bits per heavy atom. The lowest BCUT2D eigenvalue weighted by Gasteiger charge is -1.77. The van der Waals surface area contributed by atoms with Crippen LogP contribution in [0, 0.1) is 5.88 Å². The average Bonchev–Trinajstić information content (AvgIpc) is 1.35. The Kier molecular flexibility index (Phi) is 2.85. The second-order valence-electron chi connectivity index (χ2n) is 0.752. The number of hydrogen-bond acceptors (Lipinski definition) is 1. The largest absolute Gasteiger partial charge is 0.481 e. The zero-order chi connectivity index (χ0) is 4.99. The van der Waals surface area contributed by atoms with Gasteiger partial charge in [0.1, 0.15) is 0 Å². The summed E-state index contributed by atoms with van der Waals surface area (Å²) in [5, 5.41) is 7.80. The smallest absolute Gasteiger partial charge is 0.304 e. The highest BCUT2D eigenvalue weighted by Gasteiger charge is 1.89. The quantitative estimate of drug-likeness (QED) is 0.568. The normalized spacial score (nSPS) is 8.17. The number of rotatable bonds is 2. The van der Waals surface area contributed by atoms with Gasteiger partial charge in [0.2, 0.25) is 0 Å². The van der Waals surface area contributed by atoms with Crippen molar-refractivity contribution in [2.24, 2.45) is 0 Å². The highest BCUT2D eigenvalue weighted by molar-refractivity contribution is 6.24. The van der Waals surface area contributed by atoms with E-state index < -0.39 is 5.97 Å². The Morgan fingerprint density at radius 3 is 2.50 bits per heavy atom. The van der Waals surface area contributed by atoms with Crippen LogP contribution in [-0.4, -0.2) is 11.1 Å². The molecule has 0 spiro atoms. The first kappa shape index (κ1) is 5.76. The van der Waals surface area contributed by atoms with E-state index in [1.165, 1.54) is 0 Å². The predicted molar refractivity (Wildman–Crippen MR) is 22.4 cm³/mol. The second-order valence-corrected chi connectivity index (χ2v) is 1.06. The van der Waals surface area contributed by atoms with Gasteiger partial charge in [-0.2, -0.15) is 0 Å². The van der Waals surface area contributed by atoms with Crippen molar-refractivity contribution in [2.75, 3.05) is 0 Å². The van der Waals surface area contributed by atoms with E-state index >= 15 is 0 Å². The van der Waals surface area contributed by atoms with Crippen molar-refractivity contribution >= 4 is 17.6 Å². The predicted octanol–water partition coefficient (Wildman–Crippen LogP) is 0.862. The first-order valence-corrected chi connectivity index (χ1v) is 1.84. The number of carboxylic acids is 1. The number of hydrogen-bond donors (Lipinski definition) is 1. The zero-order valence-corrected chi connectivity index (χ0v) is 3.77. The zero-order valence-electron chi connectivity index (χ0n) is 3.02. The van der Waals surface area contributed by atoms with E-state index in [9.17, 15) is 4.79 Å². The van der Waals surface area contributed by atoms with E-state index in [0.717, 1.165) is 5.88 Å². The van der Waals surface area contributed by atoms with Gasteiger partial charge in [-0.25, -0.2) is 0 Å². The van der Waals surface area contributed by atoms with Crippen molar-refractivity contribution in [1.29, 1.82) is 0 Å². The lowest BCUT2D eigenvalue weighted by Crippen LogP contribution is -1.90. The molecule has 0 aromatic rings. The van der Waals surface area contributed by atoms with Crippen LogP contribution in [-0.2, 0) is 4.79 Å². The Bertz CT molecular complexity index is 52.8. The highest BCUT2D eigenvalue weighted by atomic mass is 35.5. The molecule has 1 radical (unpaired) electrons. The minimum atomic E-state index is -0.898. The molecule has 1 N–H and O–H groups in total. The first-order chi connectivity index (χ1) is 2.77. The van der Waals surface area contributed by atoms with Gasteiger partial charge in [-0.15, -0.1) is 11.6 Å². The van der Waals surface area contributed by atoms with Crippen molar-refractivity contribution in [1.82, 2.24) is 0 Å². The SMILES string of the molecule is O=C(O)C[CH]Cl. The third kappa shape index (κ3) is 3.76. The van der Waals surface area contributed by atoms with E-state index in [4.69, 9.17) is 16.7 Å². The summed E-state index contributed by atoms with van der Waals surface area (Å²) in [6.45, 7) is 0. The molecule has 2 nitrogen and oxygen atoms in total. The topological polar surface area (TPSA) is 37.3 Å². The van der Waals surface area contributed by atoms with Gasteiger partial charge in [-0.3, -0.25) is 4.79 Å². The molecule has 0 aliphatic rings. The minimum Gasteiger partial charge on any atom is -0.481 e. The van der Waals surface area contributed by atoms with Crippen molar-refractivity contribution in [3.63, 3.8) is 0 Å². The molecule has 0 aliphatic heterocycles. The fourth-order valence-electron chi connectivity index (χ4n) is 0.0660. The summed E-state index contributed by atoms with van der Waals surface area (Å²) >= 11 is 4.89. The third-order valence-electron chi connectivity index (χ3n) is 0.252. The lowest BCUT2D eigenvalue weighted by molar-refractivity contribution is -0.136. The Morgan fingerprint density at radius 1 is 2.00 bits per heavy atom. The molecule has 35 valence electrons. The fraction of sp³-hybridized carbons (Fsp3) is 0.333. The Hall–Kier alpha value is -0.240. The molecule has 0 unspecified atom stereocenters. The van der Waals surface area contributed by atoms with Crippen LogP contribution < -0.4 is 0 Å². The third-order valence-corrected chi connectivity index (χ3v) is 0.406. The van der Waals surface area contributed by atoms with Crippen molar-refractivity contribution in [3.8, 4) is 0 Å². The number of halogens is 1. The molecular formula is C3H4ClO2. The standard InChI is InChI=1S/C3H4ClO2/c4-2-1-3(5)6/h2H,1H2,(H,5,6). The summed E-state index contributed by atoms with van der Waals surface area (Å²) in [7, 11) is 0. The van der Waals surface area contributed by atoms with Crippen LogP contribution in [0.5, 0.6) is 0 Å². The van der Waals surface area contributed by atoms with Crippen molar-refractivity contribution in [2.45, 2.75) is 6.42 Å². The molecule has 0 aromatic carbocycles. The summed E-state index contributed by atoms with van der Waals surface area (Å²) in [4.78, 5) is 9.48. The fourth-order valence-corrected chi connectivity index (χ4v) is 0.198. The molecular weight excluding hydrogens is 103 g/mol. The summed E-state index contributed by atoms with van der Waals surface area (Å²) in [6, 6.07) is 0. The molecule has 0 bridgehead atoms. The molecule has 3 heteroatoms. The van der Waals surface area contributed by atoms with Gasteiger partial charge in [-0.05, 0) is 0 Å². The van der Waals surface area contributed by atoms with Gasteiger partial charge in [0.05, 0.1) is 12.3 Å². The lowest BCUT2D eigenvalue weighted by atomic mass is 10.5. The number of carboxylic acid groups (broad SMARTS) is 1. The minimum absolute atomic E-state index is 0.0679. The molecule has 0 aliphatic carbocycles. The van der Waals surface area contributed by atoms with Gasteiger partial charge in [-0.1, -0.05) is 0 Å². The average molecular weight is 108 g/mol. The maximum Gasteiger partial charge on any atom is 0.304 e. The van der Waals surface area contributed by atoms with Crippen LogP contribution in [0.2, 0.25) is 0 Å². The van der Waals surface area contributed by atoms with Crippen molar-refractivity contribution in [3.05, 3.63) is 5.88 Å². The van der Waals surface area contributed by atoms with Crippen LogP contribution in [0.4, 0.5) is 0 Å². The number of aliphatic carboxylic acids is 1. The Labute approximate surface area is 40.7 Å². The van der Waals surface area contributed by atoms with E-state index in [1.54, 1.807) is 0 Å². The van der Waals surface area contributed by atoms with Gasteiger partial charge < -0.3 is 5.11 Å². The molecule has 0 heterocycles. The molecule has 0 saturated heterocycles. The molecule has 0 fully saturated rings. The van der Waals surface area contributed by atoms with E-state index in [-0.39, 0.29) is 6.42 Å². The van der Waals surface area contributed by atoms with Crippen LogP contribution in [0.25, 0.3) is 0 Å². The first-order valence-electron chi connectivity index (χ1n) is 1.41. The highest BCUT2D eigenvalue weighted by Crippen LogP contribution is 1.88. The van der Waals surface area contributed by atoms with Gasteiger partial charge in [0.15, 0.2) is 0 Å². The van der Waals surface area contributed by atoms with E-state index in [1.807, 2.05) is 0 Å². The van der Waals surface area contributed by atoms with Gasteiger partial charge in [0, 0.05) is 0 Å². The molecule has 0 aromatic heterocycles. The summed E-state index contributed by atoms with van der Waals surface area (Å²) in [5.41, 5.74) is 0. The molecule has 0 rings (SSSR count). The number of carbonyl (C=O) groups is 1. The molecule has 0 saturated carbocycles. The van der Waals surface area contributed by atoms with E-state index in [0.29, 0.717) is 0 Å². The van der Waals surface area contributed by atoms with Crippen LogP contribution in [0.3, 0.4) is 0 Å². The molecule has 6 heavy (non-hydrogen) atoms. The second kappa shape index (κ2) is 2.97.